The second-order valence-electron chi connectivity index (χ2n) is 4.32. The van der Waals surface area contributed by atoms with Crippen molar-refractivity contribution in [3.8, 4) is 6.07 Å². The lowest BCUT2D eigenvalue weighted by atomic mass is 9.83. The standard InChI is InChI=1S/C13H15ClN2/c14-13-8-12(5-4-11(13)9-15)16-7-6-10-2-1-3-10/h4-5,8,10,16H,1-3,6-7H2. The zero-order valence-corrected chi connectivity index (χ0v) is 9.93. The minimum Gasteiger partial charge on any atom is -0.385 e. The Labute approximate surface area is 101 Å². The van der Waals surface area contributed by atoms with Gasteiger partial charge in [0, 0.05) is 12.2 Å². The van der Waals surface area contributed by atoms with Crippen molar-refractivity contribution in [2.24, 2.45) is 5.92 Å². The van der Waals surface area contributed by atoms with Gasteiger partial charge in [-0.25, -0.2) is 0 Å². The zero-order chi connectivity index (χ0) is 11.4. The number of rotatable bonds is 4. The molecule has 1 aromatic rings. The van der Waals surface area contributed by atoms with Crippen LogP contribution in [0.2, 0.25) is 5.02 Å². The first-order chi connectivity index (χ1) is 7.79. The Morgan fingerprint density at radius 3 is 2.81 bits per heavy atom. The van der Waals surface area contributed by atoms with Crippen LogP contribution in [-0.2, 0) is 0 Å². The Bertz CT molecular complexity index is 405. The minimum absolute atomic E-state index is 0.524. The van der Waals surface area contributed by atoms with Crippen LogP contribution < -0.4 is 5.32 Å². The van der Waals surface area contributed by atoms with Crippen LogP contribution in [0.4, 0.5) is 5.69 Å². The van der Waals surface area contributed by atoms with Gasteiger partial charge in [0.05, 0.1) is 10.6 Å². The number of halogens is 1. The van der Waals surface area contributed by atoms with Gasteiger partial charge in [-0.05, 0) is 30.5 Å². The average Bonchev–Trinajstić information content (AvgIpc) is 2.22. The molecule has 0 radical (unpaired) electrons. The van der Waals surface area contributed by atoms with E-state index in [2.05, 4.69) is 11.4 Å². The summed E-state index contributed by atoms with van der Waals surface area (Å²) in [6, 6.07) is 7.54. The molecule has 0 saturated heterocycles. The van der Waals surface area contributed by atoms with E-state index in [0.717, 1.165) is 18.2 Å². The summed E-state index contributed by atoms with van der Waals surface area (Å²) in [5.74, 6) is 0.918. The van der Waals surface area contributed by atoms with Crippen molar-refractivity contribution in [1.82, 2.24) is 0 Å². The summed E-state index contributed by atoms with van der Waals surface area (Å²) in [6.45, 7) is 0.993. The van der Waals surface area contributed by atoms with Crippen LogP contribution in [-0.4, -0.2) is 6.54 Å². The quantitative estimate of drug-likeness (QED) is 0.860. The number of benzene rings is 1. The lowest BCUT2D eigenvalue weighted by Crippen LogP contribution is -2.15. The smallest absolute Gasteiger partial charge is 0.101 e. The molecule has 1 aliphatic rings. The maximum Gasteiger partial charge on any atom is 0.101 e. The Balaban J connectivity index is 1.84. The van der Waals surface area contributed by atoms with E-state index in [9.17, 15) is 0 Å². The molecule has 0 atom stereocenters. The topological polar surface area (TPSA) is 35.8 Å². The normalized spacial score (nSPS) is 15.2. The van der Waals surface area contributed by atoms with Gasteiger partial charge in [-0.1, -0.05) is 30.9 Å². The summed E-state index contributed by atoms with van der Waals surface area (Å²) in [7, 11) is 0. The molecule has 0 heterocycles. The van der Waals surface area contributed by atoms with Crippen LogP contribution in [0.3, 0.4) is 0 Å². The van der Waals surface area contributed by atoms with E-state index in [0.29, 0.717) is 10.6 Å². The van der Waals surface area contributed by atoms with Crippen molar-refractivity contribution < 1.29 is 0 Å². The third kappa shape index (κ3) is 2.68. The molecule has 84 valence electrons. The summed E-state index contributed by atoms with van der Waals surface area (Å²) in [5, 5.41) is 12.6. The molecule has 1 fully saturated rings. The molecular weight excluding hydrogens is 220 g/mol. The molecule has 1 aliphatic carbocycles. The first kappa shape index (κ1) is 11.3. The summed E-state index contributed by atoms with van der Waals surface area (Å²) in [6.07, 6.45) is 5.40. The molecule has 0 amide bonds. The number of anilines is 1. The van der Waals surface area contributed by atoms with Crippen molar-refractivity contribution in [1.29, 1.82) is 5.26 Å². The van der Waals surface area contributed by atoms with E-state index in [4.69, 9.17) is 16.9 Å². The molecule has 1 aromatic carbocycles. The van der Waals surface area contributed by atoms with Gasteiger partial charge in [0.2, 0.25) is 0 Å². The molecule has 0 unspecified atom stereocenters. The number of nitrogens with zero attached hydrogens (tertiary/aromatic N) is 1. The molecule has 1 N–H and O–H groups in total. The molecule has 16 heavy (non-hydrogen) atoms. The Hall–Kier alpha value is -1.20. The maximum absolute atomic E-state index is 8.74. The highest BCUT2D eigenvalue weighted by Crippen LogP contribution is 2.29. The molecule has 2 rings (SSSR count). The van der Waals surface area contributed by atoms with E-state index in [1.807, 2.05) is 12.1 Å². The Kier molecular flexibility index (Phi) is 3.69. The zero-order valence-electron chi connectivity index (χ0n) is 9.17. The highest BCUT2D eigenvalue weighted by atomic mass is 35.5. The lowest BCUT2D eigenvalue weighted by molar-refractivity contribution is 0.303. The lowest BCUT2D eigenvalue weighted by Gasteiger charge is -2.25. The van der Waals surface area contributed by atoms with E-state index in [1.165, 1.54) is 25.7 Å². The van der Waals surface area contributed by atoms with Crippen molar-refractivity contribution >= 4 is 17.3 Å². The minimum atomic E-state index is 0.524. The summed E-state index contributed by atoms with van der Waals surface area (Å²) in [5.41, 5.74) is 1.54. The van der Waals surface area contributed by atoms with Crippen molar-refractivity contribution in [3.63, 3.8) is 0 Å². The fourth-order valence-corrected chi connectivity index (χ4v) is 2.14. The van der Waals surface area contributed by atoms with Gasteiger partial charge >= 0.3 is 0 Å². The molecule has 1 saturated carbocycles. The van der Waals surface area contributed by atoms with Crippen LogP contribution >= 0.6 is 11.6 Å². The summed E-state index contributed by atoms with van der Waals surface area (Å²) < 4.78 is 0. The number of nitrogens with one attached hydrogen (secondary N) is 1. The monoisotopic (exact) mass is 234 g/mol. The maximum atomic E-state index is 8.74. The second-order valence-corrected chi connectivity index (χ2v) is 4.73. The molecule has 0 aromatic heterocycles. The molecule has 3 heteroatoms. The van der Waals surface area contributed by atoms with E-state index in [1.54, 1.807) is 6.07 Å². The van der Waals surface area contributed by atoms with Gasteiger partial charge in [-0.15, -0.1) is 0 Å². The molecular formula is C13H15ClN2. The van der Waals surface area contributed by atoms with Crippen LogP contribution in [0, 0.1) is 17.2 Å². The van der Waals surface area contributed by atoms with Gasteiger partial charge in [-0.3, -0.25) is 0 Å². The molecule has 2 nitrogen and oxygen atoms in total. The first-order valence-corrected chi connectivity index (χ1v) is 6.11. The molecule has 0 spiro atoms. The molecule has 0 bridgehead atoms. The Morgan fingerprint density at radius 1 is 1.44 bits per heavy atom. The number of hydrogen-bond acceptors (Lipinski definition) is 2. The van der Waals surface area contributed by atoms with Gasteiger partial charge in [0.1, 0.15) is 6.07 Å². The highest BCUT2D eigenvalue weighted by molar-refractivity contribution is 6.32. The predicted octanol–water partition coefficient (Wildman–Crippen LogP) is 3.81. The van der Waals surface area contributed by atoms with Gasteiger partial charge in [0.15, 0.2) is 0 Å². The Morgan fingerprint density at radius 2 is 2.25 bits per heavy atom. The largest absolute Gasteiger partial charge is 0.385 e. The van der Waals surface area contributed by atoms with Crippen molar-refractivity contribution in [2.75, 3.05) is 11.9 Å². The van der Waals surface area contributed by atoms with Crippen LogP contribution in [0.15, 0.2) is 18.2 Å². The van der Waals surface area contributed by atoms with Crippen molar-refractivity contribution in [3.05, 3.63) is 28.8 Å². The first-order valence-electron chi connectivity index (χ1n) is 5.73. The summed E-state index contributed by atoms with van der Waals surface area (Å²) >= 11 is 5.95. The SMILES string of the molecule is N#Cc1ccc(NCCC2CCC2)cc1Cl. The molecule has 0 aliphatic heterocycles. The van der Waals surface area contributed by atoms with E-state index in [-0.39, 0.29) is 0 Å². The fraction of sp³-hybridized carbons (Fsp3) is 0.462. The second kappa shape index (κ2) is 5.23. The van der Waals surface area contributed by atoms with Crippen LogP contribution in [0.25, 0.3) is 0 Å². The number of hydrogen-bond donors (Lipinski definition) is 1. The van der Waals surface area contributed by atoms with Gasteiger partial charge in [0.25, 0.3) is 0 Å². The third-order valence-electron chi connectivity index (χ3n) is 3.20. The van der Waals surface area contributed by atoms with Crippen LogP contribution in [0.1, 0.15) is 31.2 Å². The number of nitriles is 1. The van der Waals surface area contributed by atoms with Crippen LogP contribution in [0.5, 0.6) is 0 Å². The third-order valence-corrected chi connectivity index (χ3v) is 3.51. The van der Waals surface area contributed by atoms with E-state index >= 15 is 0 Å². The average molecular weight is 235 g/mol. The van der Waals surface area contributed by atoms with E-state index < -0.39 is 0 Å². The summed E-state index contributed by atoms with van der Waals surface area (Å²) in [4.78, 5) is 0. The van der Waals surface area contributed by atoms with Crippen molar-refractivity contribution in [2.45, 2.75) is 25.7 Å². The van der Waals surface area contributed by atoms with Gasteiger partial charge in [-0.2, -0.15) is 5.26 Å². The fourth-order valence-electron chi connectivity index (χ4n) is 1.92. The predicted molar refractivity (Wildman–Crippen MR) is 66.6 cm³/mol. The highest BCUT2D eigenvalue weighted by Gasteiger charge is 2.16. The van der Waals surface area contributed by atoms with Gasteiger partial charge < -0.3 is 5.32 Å².